The molecule has 0 amide bonds. The van der Waals surface area contributed by atoms with Gasteiger partial charge in [-0.25, -0.2) is 4.98 Å². The second-order valence-electron chi connectivity index (χ2n) is 5.46. The third-order valence-electron chi connectivity index (χ3n) is 3.44. The summed E-state index contributed by atoms with van der Waals surface area (Å²) in [5, 5.41) is 6.21. The molecule has 0 atom stereocenters. The van der Waals surface area contributed by atoms with Gasteiger partial charge in [-0.05, 0) is 18.1 Å². The number of pyridine rings is 1. The molecule has 0 bridgehead atoms. The van der Waals surface area contributed by atoms with E-state index in [2.05, 4.69) is 20.6 Å². The van der Waals surface area contributed by atoms with Crippen LogP contribution >= 0.6 is 0 Å². The van der Waals surface area contributed by atoms with Crippen LogP contribution in [-0.2, 0) is 13.0 Å². The van der Waals surface area contributed by atoms with Gasteiger partial charge >= 0.3 is 6.18 Å². The fourth-order valence-corrected chi connectivity index (χ4v) is 2.21. The standard InChI is InChI=1S/C18H21F3N4O/c1-22-17(24-11-9-14-6-3-2-4-7-14)25-12-15-8-5-10-23-16(15)26-13-18(19,20)21/h2-8,10H,9,11-13H2,1H3,(H2,22,24,25). The van der Waals surface area contributed by atoms with E-state index in [0.717, 1.165) is 6.42 Å². The number of aliphatic imine (C=N–C) groups is 1. The van der Waals surface area contributed by atoms with Gasteiger partial charge < -0.3 is 15.4 Å². The third kappa shape index (κ3) is 7.00. The second kappa shape index (κ2) is 9.65. The van der Waals surface area contributed by atoms with Crippen LogP contribution in [-0.4, -0.2) is 37.3 Å². The van der Waals surface area contributed by atoms with Crippen LogP contribution in [0, 0.1) is 0 Å². The number of hydrogen-bond acceptors (Lipinski definition) is 3. The van der Waals surface area contributed by atoms with Crippen LogP contribution in [0.5, 0.6) is 5.88 Å². The number of alkyl halides is 3. The lowest BCUT2D eigenvalue weighted by atomic mass is 10.1. The fourth-order valence-electron chi connectivity index (χ4n) is 2.21. The molecule has 2 rings (SSSR count). The smallest absolute Gasteiger partial charge is 0.422 e. The number of benzene rings is 1. The van der Waals surface area contributed by atoms with Crippen LogP contribution in [0.25, 0.3) is 0 Å². The Morgan fingerprint density at radius 1 is 1.12 bits per heavy atom. The average molecular weight is 366 g/mol. The predicted molar refractivity (Wildman–Crippen MR) is 94.1 cm³/mol. The molecule has 140 valence electrons. The molecule has 8 heteroatoms. The molecule has 5 nitrogen and oxygen atoms in total. The minimum absolute atomic E-state index is 0.0444. The molecule has 2 aromatic rings. The summed E-state index contributed by atoms with van der Waals surface area (Å²) in [7, 11) is 1.63. The van der Waals surface area contributed by atoms with E-state index in [4.69, 9.17) is 4.74 Å². The molecule has 0 aliphatic heterocycles. The SMILES string of the molecule is CN=C(NCCc1ccccc1)NCc1cccnc1OCC(F)(F)F. The number of aromatic nitrogens is 1. The first-order chi connectivity index (χ1) is 12.5. The molecule has 0 aliphatic rings. The van der Waals surface area contributed by atoms with Crippen molar-refractivity contribution in [1.29, 1.82) is 0 Å². The number of guanidine groups is 1. The van der Waals surface area contributed by atoms with Crippen molar-refractivity contribution in [3.8, 4) is 5.88 Å². The largest absolute Gasteiger partial charge is 0.468 e. The number of ether oxygens (including phenoxy) is 1. The van der Waals surface area contributed by atoms with Crippen molar-refractivity contribution in [3.05, 3.63) is 59.8 Å². The Kier molecular flexibility index (Phi) is 7.25. The minimum atomic E-state index is -4.41. The van der Waals surface area contributed by atoms with Gasteiger partial charge in [-0.3, -0.25) is 4.99 Å². The molecule has 0 spiro atoms. The molecule has 0 aliphatic carbocycles. The normalized spacial score (nSPS) is 11.9. The van der Waals surface area contributed by atoms with Crippen LogP contribution < -0.4 is 15.4 Å². The van der Waals surface area contributed by atoms with Crippen LogP contribution in [0.15, 0.2) is 53.7 Å². The van der Waals surface area contributed by atoms with E-state index in [1.165, 1.54) is 11.8 Å². The fraction of sp³-hybridized carbons (Fsp3) is 0.333. The molecule has 1 aromatic carbocycles. The first-order valence-corrected chi connectivity index (χ1v) is 8.10. The van der Waals surface area contributed by atoms with E-state index in [1.807, 2.05) is 30.3 Å². The zero-order chi connectivity index (χ0) is 18.8. The first kappa shape index (κ1) is 19.6. The number of nitrogens with zero attached hydrogens (tertiary/aromatic N) is 2. The van der Waals surface area contributed by atoms with Gasteiger partial charge in [0.05, 0.1) is 0 Å². The summed E-state index contributed by atoms with van der Waals surface area (Å²) >= 11 is 0. The van der Waals surface area contributed by atoms with Crippen LogP contribution in [0.2, 0.25) is 0 Å². The highest BCUT2D eigenvalue weighted by Gasteiger charge is 2.29. The second-order valence-corrected chi connectivity index (χ2v) is 5.46. The Morgan fingerprint density at radius 2 is 1.88 bits per heavy atom. The van der Waals surface area contributed by atoms with Crippen molar-refractivity contribution in [3.63, 3.8) is 0 Å². The Morgan fingerprint density at radius 3 is 2.58 bits per heavy atom. The lowest BCUT2D eigenvalue weighted by Gasteiger charge is -2.14. The maximum absolute atomic E-state index is 12.3. The number of rotatable bonds is 7. The maximum Gasteiger partial charge on any atom is 0.422 e. The van der Waals surface area contributed by atoms with Crippen LogP contribution in [0.3, 0.4) is 0 Å². The number of halogens is 3. The third-order valence-corrected chi connectivity index (χ3v) is 3.44. The summed E-state index contributed by atoms with van der Waals surface area (Å²) < 4.78 is 41.7. The van der Waals surface area contributed by atoms with Gasteiger partial charge in [0.2, 0.25) is 5.88 Å². The summed E-state index contributed by atoms with van der Waals surface area (Å²) in [4.78, 5) is 7.97. The number of hydrogen-bond donors (Lipinski definition) is 2. The molecule has 0 fully saturated rings. The molecule has 0 saturated carbocycles. The summed E-state index contributed by atoms with van der Waals surface area (Å²) in [5.74, 6) is 0.503. The van der Waals surface area contributed by atoms with E-state index >= 15 is 0 Å². The molecular weight excluding hydrogens is 345 g/mol. The predicted octanol–water partition coefficient (Wildman–Crippen LogP) is 2.93. The lowest BCUT2D eigenvalue weighted by Crippen LogP contribution is -2.38. The monoisotopic (exact) mass is 366 g/mol. The van der Waals surface area contributed by atoms with E-state index in [-0.39, 0.29) is 12.4 Å². The quantitative estimate of drug-likeness (QED) is 0.584. The summed E-state index contributed by atoms with van der Waals surface area (Å²) in [5.41, 5.74) is 1.72. The lowest BCUT2D eigenvalue weighted by molar-refractivity contribution is -0.154. The van der Waals surface area contributed by atoms with Gasteiger partial charge in [0.1, 0.15) is 0 Å². The van der Waals surface area contributed by atoms with Gasteiger partial charge in [-0.1, -0.05) is 36.4 Å². The van der Waals surface area contributed by atoms with E-state index in [9.17, 15) is 13.2 Å². The summed E-state index contributed by atoms with van der Waals surface area (Å²) in [6, 6.07) is 13.3. The van der Waals surface area contributed by atoms with Crippen molar-refractivity contribution in [2.45, 2.75) is 19.1 Å². The molecule has 0 radical (unpaired) electrons. The first-order valence-electron chi connectivity index (χ1n) is 8.10. The Bertz CT molecular complexity index is 705. The minimum Gasteiger partial charge on any atom is -0.468 e. The zero-order valence-electron chi connectivity index (χ0n) is 14.4. The molecule has 26 heavy (non-hydrogen) atoms. The van der Waals surface area contributed by atoms with Gasteiger partial charge in [0, 0.05) is 31.9 Å². The van der Waals surface area contributed by atoms with Crippen LogP contribution in [0.1, 0.15) is 11.1 Å². The van der Waals surface area contributed by atoms with Gasteiger partial charge in [0.15, 0.2) is 12.6 Å². The van der Waals surface area contributed by atoms with Crippen molar-refractivity contribution < 1.29 is 17.9 Å². The maximum atomic E-state index is 12.3. The van der Waals surface area contributed by atoms with E-state index < -0.39 is 12.8 Å². The highest BCUT2D eigenvalue weighted by atomic mass is 19.4. The summed E-state index contributed by atoms with van der Waals surface area (Å²) in [6.07, 6.45) is -2.19. The van der Waals surface area contributed by atoms with E-state index in [0.29, 0.717) is 18.1 Å². The molecule has 0 saturated heterocycles. The van der Waals surface area contributed by atoms with Crippen molar-refractivity contribution in [2.75, 3.05) is 20.2 Å². The topological polar surface area (TPSA) is 58.5 Å². The zero-order valence-corrected chi connectivity index (χ0v) is 14.4. The van der Waals surface area contributed by atoms with Gasteiger partial charge in [-0.15, -0.1) is 0 Å². The van der Waals surface area contributed by atoms with Crippen molar-refractivity contribution >= 4 is 5.96 Å². The Hall–Kier alpha value is -2.77. The van der Waals surface area contributed by atoms with E-state index in [1.54, 1.807) is 19.2 Å². The highest BCUT2D eigenvalue weighted by Crippen LogP contribution is 2.19. The Balaban J connectivity index is 1.84. The van der Waals surface area contributed by atoms with Gasteiger partial charge in [-0.2, -0.15) is 13.2 Å². The molecule has 2 N–H and O–H groups in total. The molecule has 1 aromatic heterocycles. The molecule has 0 unspecified atom stereocenters. The van der Waals surface area contributed by atoms with Crippen molar-refractivity contribution in [1.82, 2.24) is 15.6 Å². The average Bonchev–Trinajstić information content (AvgIpc) is 2.63. The molecule has 1 heterocycles. The summed E-state index contributed by atoms with van der Waals surface area (Å²) in [6.45, 7) is -0.457. The molecular formula is C18H21F3N4O. The highest BCUT2D eigenvalue weighted by molar-refractivity contribution is 5.79. The van der Waals surface area contributed by atoms with Crippen LogP contribution in [0.4, 0.5) is 13.2 Å². The van der Waals surface area contributed by atoms with Gasteiger partial charge in [0.25, 0.3) is 0 Å². The Labute approximate surface area is 150 Å². The van der Waals surface area contributed by atoms with Crippen molar-refractivity contribution in [2.24, 2.45) is 4.99 Å². The number of nitrogens with one attached hydrogen (secondary N) is 2.